The minimum absolute atomic E-state index is 0.303. The van der Waals surface area contributed by atoms with Gasteiger partial charge in [0.1, 0.15) is 5.02 Å². The summed E-state index contributed by atoms with van der Waals surface area (Å²) >= 11 is 5.78. The molecule has 0 spiro atoms. The van der Waals surface area contributed by atoms with Crippen LogP contribution in [-0.4, -0.2) is 23.7 Å². The molecule has 0 amide bonds. The second kappa shape index (κ2) is 5.75. The van der Waals surface area contributed by atoms with Crippen LogP contribution in [0.2, 0.25) is 5.02 Å². The molecule has 4 nitrogen and oxygen atoms in total. The Bertz CT molecular complexity index is 318. The minimum Gasteiger partial charge on any atom is -0.480 e. The molecule has 0 N–H and O–H groups in total. The number of hydrogen-bond donors (Lipinski definition) is 0. The third kappa shape index (κ3) is 3.91. The molecule has 0 aliphatic rings. The molecule has 0 aromatic carbocycles. The van der Waals surface area contributed by atoms with E-state index in [1.54, 1.807) is 0 Å². The number of aromatic nitrogens is 2. The summed E-state index contributed by atoms with van der Waals surface area (Å²) in [7, 11) is 1.51. The first-order chi connectivity index (χ1) is 7.13. The molecular weight excluding hydrogens is 216 g/mol. The summed E-state index contributed by atoms with van der Waals surface area (Å²) in [6, 6.07) is 0.303. The molecule has 0 aliphatic carbocycles. The van der Waals surface area contributed by atoms with Gasteiger partial charge in [-0.3, -0.25) is 0 Å². The van der Waals surface area contributed by atoms with Gasteiger partial charge < -0.3 is 9.47 Å². The van der Waals surface area contributed by atoms with Crippen LogP contribution >= 0.6 is 11.6 Å². The SMILES string of the molecule is COc1nc(OCCC(C)C)ncc1Cl. The average Bonchev–Trinajstić information content (AvgIpc) is 2.20. The molecule has 0 atom stereocenters. The number of hydrogen-bond acceptors (Lipinski definition) is 4. The van der Waals surface area contributed by atoms with Crippen molar-refractivity contribution in [2.45, 2.75) is 20.3 Å². The lowest BCUT2D eigenvalue weighted by Crippen LogP contribution is -2.04. The van der Waals surface area contributed by atoms with Gasteiger partial charge in [0.15, 0.2) is 0 Å². The van der Waals surface area contributed by atoms with Crippen molar-refractivity contribution in [3.8, 4) is 11.9 Å². The van der Waals surface area contributed by atoms with Gasteiger partial charge in [0, 0.05) is 0 Å². The van der Waals surface area contributed by atoms with Gasteiger partial charge in [-0.1, -0.05) is 25.4 Å². The van der Waals surface area contributed by atoms with E-state index in [0.29, 0.717) is 29.4 Å². The van der Waals surface area contributed by atoms with E-state index in [9.17, 15) is 0 Å². The van der Waals surface area contributed by atoms with E-state index in [2.05, 4.69) is 23.8 Å². The molecule has 0 saturated heterocycles. The maximum absolute atomic E-state index is 5.78. The first-order valence-electron chi connectivity index (χ1n) is 4.82. The first-order valence-corrected chi connectivity index (χ1v) is 5.20. The maximum atomic E-state index is 5.78. The number of methoxy groups -OCH3 is 1. The van der Waals surface area contributed by atoms with Crippen molar-refractivity contribution in [1.82, 2.24) is 9.97 Å². The van der Waals surface area contributed by atoms with Crippen molar-refractivity contribution in [1.29, 1.82) is 0 Å². The normalized spacial score (nSPS) is 10.5. The van der Waals surface area contributed by atoms with Gasteiger partial charge in [0.25, 0.3) is 0 Å². The predicted octanol–water partition coefficient (Wildman–Crippen LogP) is 2.56. The van der Waals surface area contributed by atoms with Crippen molar-refractivity contribution in [2.24, 2.45) is 5.92 Å². The molecule has 0 unspecified atom stereocenters. The lowest BCUT2D eigenvalue weighted by atomic mass is 10.1. The van der Waals surface area contributed by atoms with Crippen LogP contribution in [0.1, 0.15) is 20.3 Å². The Balaban J connectivity index is 2.54. The zero-order valence-corrected chi connectivity index (χ0v) is 9.91. The van der Waals surface area contributed by atoms with Crippen LogP contribution < -0.4 is 9.47 Å². The highest BCUT2D eigenvalue weighted by Crippen LogP contribution is 2.21. The number of rotatable bonds is 5. The molecule has 0 fully saturated rings. The van der Waals surface area contributed by atoms with E-state index < -0.39 is 0 Å². The Morgan fingerprint density at radius 2 is 2.20 bits per heavy atom. The lowest BCUT2D eigenvalue weighted by molar-refractivity contribution is 0.263. The molecule has 84 valence electrons. The van der Waals surface area contributed by atoms with E-state index in [1.807, 2.05) is 0 Å². The van der Waals surface area contributed by atoms with Gasteiger partial charge in [0.2, 0.25) is 5.88 Å². The van der Waals surface area contributed by atoms with Crippen molar-refractivity contribution in [2.75, 3.05) is 13.7 Å². The fourth-order valence-corrected chi connectivity index (χ4v) is 1.10. The highest BCUT2D eigenvalue weighted by Gasteiger charge is 2.06. The second-order valence-corrected chi connectivity index (χ2v) is 3.95. The molecular formula is C10H15ClN2O2. The Morgan fingerprint density at radius 3 is 2.80 bits per heavy atom. The lowest BCUT2D eigenvalue weighted by Gasteiger charge is -2.07. The summed E-state index contributed by atoms with van der Waals surface area (Å²) in [5, 5.41) is 0.383. The van der Waals surface area contributed by atoms with Crippen LogP contribution in [0.25, 0.3) is 0 Å². The van der Waals surface area contributed by atoms with Crippen molar-refractivity contribution >= 4 is 11.6 Å². The monoisotopic (exact) mass is 230 g/mol. The number of ether oxygens (including phenoxy) is 2. The number of nitrogens with zero attached hydrogens (tertiary/aromatic N) is 2. The highest BCUT2D eigenvalue weighted by molar-refractivity contribution is 6.31. The third-order valence-electron chi connectivity index (χ3n) is 1.81. The molecule has 5 heteroatoms. The maximum Gasteiger partial charge on any atom is 0.319 e. The van der Waals surface area contributed by atoms with E-state index >= 15 is 0 Å². The molecule has 0 bridgehead atoms. The van der Waals surface area contributed by atoms with Gasteiger partial charge in [0.05, 0.1) is 19.9 Å². The van der Waals surface area contributed by atoms with E-state index in [1.165, 1.54) is 13.3 Å². The van der Waals surface area contributed by atoms with E-state index in [-0.39, 0.29) is 0 Å². The third-order valence-corrected chi connectivity index (χ3v) is 2.07. The van der Waals surface area contributed by atoms with Crippen molar-refractivity contribution in [3.05, 3.63) is 11.2 Å². The average molecular weight is 231 g/mol. The van der Waals surface area contributed by atoms with Gasteiger partial charge in [-0.25, -0.2) is 4.98 Å². The molecule has 0 saturated carbocycles. The first kappa shape index (κ1) is 12.0. The summed E-state index contributed by atoms with van der Waals surface area (Å²) < 4.78 is 10.3. The van der Waals surface area contributed by atoms with Gasteiger partial charge in [-0.05, 0) is 12.3 Å². The summed E-state index contributed by atoms with van der Waals surface area (Å²) in [5.74, 6) is 0.936. The Kier molecular flexibility index (Phi) is 4.62. The predicted molar refractivity (Wildman–Crippen MR) is 58.5 cm³/mol. The highest BCUT2D eigenvalue weighted by atomic mass is 35.5. The molecule has 1 heterocycles. The topological polar surface area (TPSA) is 44.2 Å². The van der Waals surface area contributed by atoms with Crippen molar-refractivity contribution in [3.63, 3.8) is 0 Å². The quantitative estimate of drug-likeness (QED) is 0.780. The smallest absolute Gasteiger partial charge is 0.319 e. The van der Waals surface area contributed by atoms with Gasteiger partial charge >= 0.3 is 6.01 Å². The van der Waals surface area contributed by atoms with Gasteiger partial charge in [-0.15, -0.1) is 0 Å². The Morgan fingerprint density at radius 1 is 1.47 bits per heavy atom. The van der Waals surface area contributed by atoms with Gasteiger partial charge in [-0.2, -0.15) is 4.98 Å². The molecule has 1 aromatic rings. The van der Waals surface area contributed by atoms with Crippen molar-refractivity contribution < 1.29 is 9.47 Å². The zero-order valence-electron chi connectivity index (χ0n) is 9.16. The molecule has 1 aromatic heterocycles. The van der Waals surface area contributed by atoms with E-state index in [4.69, 9.17) is 21.1 Å². The summed E-state index contributed by atoms with van der Waals surface area (Å²) in [4.78, 5) is 7.94. The Labute approximate surface area is 94.6 Å². The molecule has 1 rings (SSSR count). The van der Waals surface area contributed by atoms with Crippen LogP contribution in [0.15, 0.2) is 6.20 Å². The van der Waals surface area contributed by atoms with Crippen LogP contribution in [0.3, 0.4) is 0 Å². The second-order valence-electron chi connectivity index (χ2n) is 3.54. The number of halogens is 1. The minimum atomic E-state index is 0.303. The van der Waals surface area contributed by atoms with Crippen LogP contribution in [-0.2, 0) is 0 Å². The summed E-state index contributed by atoms with van der Waals surface area (Å²) in [6.45, 7) is 4.86. The largest absolute Gasteiger partial charge is 0.480 e. The molecule has 15 heavy (non-hydrogen) atoms. The van der Waals surface area contributed by atoms with Crippen LogP contribution in [0.5, 0.6) is 11.9 Å². The fraction of sp³-hybridized carbons (Fsp3) is 0.600. The van der Waals surface area contributed by atoms with E-state index in [0.717, 1.165) is 6.42 Å². The summed E-state index contributed by atoms with van der Waals surface area (Å²) in [6.07, 6.45) is 2.44. The molecule has 0 radical (unpaired) electrons. The Hall–Kier alpha value is -1.03. The zero-order chi connectivity index (χ0) is 11.3. The van der Waals surface area contributed by atoms with Crippen LogP contribution in [0.4, 0.5) is 0 Å². The standard InChI is InChI=1S/C10H15ClN2O2/c1-7(2)4-5-15-10-12-6-8(11)9(13-10)14-3/h6-7H,4-5H2,1-3H3. The molecule has 0 aliphatic heterocycles. The fourth-order valence-electron chi connectivity index (χ4n) is 0.935. The van der Waals surface area contributed by atoms with Crippen LogP contribution in [0, 0.1) is 5.92 Å². The summed E-state index contributed by atoms with van der Waals surface area (Å²) in [5.41, 5.74) is 0.